The van der Waals surface area contributed by atoms with Gasteiger partial charge in [-0.1, -0.05) is 0 Å². The Hall–Kier alpha value is -3.10. The molecule has 0 unspecified atom stereocenters. The van der Waals surface area contributed by atoms with Crippen LogP contribution >= 0.6 is 0 Å². The Labute approximate surface area is 146 Å². The molecule has 0 aliphatic rings. The Morgan fingerprint density at radius 3 is 2.46 bits per heavy atom. The lowest BCUT2D eigenvalue weighted by molar-refractivity contribution is -0.138. The number of carboxylic acids is 1. The summed E-state index contributed by atoms with van der Waals surface area (Å²) in [5.74, 6) is -0.664. The van der Waals surface area contributed by atoms with E-state index >= 15 is 0 Å². The van der Waals surface area contributed by atoms with Crippen molar-refractivity contribution in [3.8, 4) is 0 Å². The fraction of sp³-hybridized carbons (Fsp3) is 0.235. The maximum Gasteiger partial charge on any atom is 0.416 e. The lowest BCUT2D eigenvalue weighted by atomic mass is 10.0. The molecule has 2 heterocycles. The van der Waals surface area contributed by atoms with Crippen molar-refractivity contribution in [3.63, 3.8) is 0 Å². The number of rotatable bonds is 4. The van der Waals surface area contributed by atoms with Crippen LogP contribution in [0, 0.1) is 13.8 Å². The second kappa shape index (κ2) is 6.32. The van der Waals surface area contributed by atoms with Crippen LogP contribution < -0.4 is 5.32 Å². The number of pyridine rings is 1. The Balaban J connectivity index is 2.02. The van der Waals surface area contributed by atoms with Gasteiger partial charge in [-0.15, -0.1) is 0 Å². The molecule has 0 fully saturated rings. The van der Waals surface area contributed by atoms with Gasteiger partial charge < -0.3 is 15.0 Å². The van der Waals surface area contributed by atoms with Crippen molar-refractivity contribution in [1.82, 2.24) is 14.5 Å². The van der Waals surface area contributed by atoms with Crippen molar-refractivity contribution >= 4 is 28.5 Å². The molecule has 0 amide bonds. The highest BCUT2D eigenvalue weighted by atomic mass is 19.4. The minimum Gasteiger partial charge on any atom is -0.480 e. The molecule has 26 heavy (non-hydrogen) atoms. The molecule has 3 rings (SSSR count). The number of nitrogens with zero attached hydrogens (tertiary/aromatic N) is 3. The fourth-order valence-electron chi connectivity index (χ4n) is 2.80. The van der Waals surface area contributed by atoms with Gasteiger partial charge >= 0.3 is 12.1 Å². The summed E-state index contributed by atoms with van der Waals surface area (Å²) in [5.41, 5.74) is 1.63. The number of nitrogens with one attached hydrogen (secondary N) is 1. The molecule has 0 aliphatic carbocycles. The van der Waals surface area contributed by atoms with Gasteiger partial charge in [0.1, 0.15) is 12.1 Å². The van der Waals surface area contributed by atoms with Crippen LogP contribution in [-0.4, -0.2) is 25.6 Å². The SMILES string of the molecule is Cc1cc(C(F)(F)F)cc(C)c1Nc1nccc2c1ncn2CC(=O)O. The van der Waals surface area contributed by atoms with Crippen LogP contribution in [0.15, 0.2) is 30.7 Å². The fourth-order valence-corrected chi connectivity index (χ4v) is 2.80. The Morgan fingerprint density at radius 2 is 1.88 bits per heavy atom. The van der Waals surface area contributed by atoms with Gasteiger partial charge in [0, 0.05) is 11.9 Å². The molecule has 6 nitrogen and oxygen atoms in total. The summed E-state index contributed by atoms with van der Waals surface area (Å²) < 4.78 is 40.2. The van der Waals surface area contributed by atoms with Crippen LogP contribution in [0.1, 0.15) is 16.7 Å². The zero-order valence-electron chi connectivity index (χ0n) is 13.9. The zero-order valence-corrected chi connectivity index (χ0v) is 13.9. The van der Waals surface area contributed by atoms with Gasteiger partial charge in [-0.25, -0.2) is 9.97 Å². The van der Waals surface area contributed by atoms with Crippen LogP contribution in [0.2, 0.25) is 0 Å². The predicted molar refractivity (Wildman–Crippen MR) is 89.4 cm³/mol. The van der Waals surface area contributed by atoms with E-state index in [2.05, 4.69) is 15.3 Å². The highest BCUT2D eigenvalue weighted by Gasteiger charge is 2.31. The lowest BCUT2D eigenvalue weighted by Gasteiger charge is -2.16. The Morgan fingerprint density at radius 1 is 1.23 bits per heavy atom. The Bertz CT molecular complexity index is 972. The molecule has 0 spiro atoms. The number of aromatic nitrogens is 3. The first-order chi connectivity index (χ1) is 12.2. The molecule has 3 aromatic rings. The highest BCUT2D eigenvalue weighted by Crippen LogP contribution is 2.35. The van der Waals surface area contributed by atoms with E-state index in [1.165, 1.54) is 17.1 Å². The molecule has 0 bridgehead atoms. The molecule has 2 N–H and O–H groups in total. The number of anilines is 2. The summed E-state index contributed by atoms with van der Waals surface area (Å²) in [5, 5.41) is 12.0. The number of aliphatic carboxylic acids is 1. The molecule has 0 atom stereocenters. The average Bonchev–Trinajstić information content (AvgIpc) is 2.93. The molecular weight excluding hydrogens is 349 g/mol. The number of halogens is 3. The second-order valence-corrected chi connectivity index (χ2v) is 5.90. The average molecular weight is 364 g/mol. The summed E-state index contributed by atoms with van der Waals surface area (Å²) in [6.45, 7) is 2.90. The monoisotopic (exact) mass is 364 g/mol. The summed E-state index contributed by atoms with van der Waals surface area (Å²) in [7, 11) is 0. The number of carbonyl (C=O) groups is 1. The molecule has 1 aromatic carbocycles. The second-order valence-electron chi connectivity index (χ2n) is 5.90. The third kappa shape index (κ3) is 3.32. The summed E-state index contributed by atoms with van der Waals surface area (Å²) in [6.07, 6.45) is -1.54. The van der Waals surface area contributed by atoms with Crippen molar-refractivity contribution in [1.29, 1.82) is 0 Å². The van der Waals surface area contributed by atoms with E-state index in [4.69, 9.17) is 5.11 Å². The number of alkyl halides is 3. The van der Waals surface area contributed by atoms with Gasteiger partial charge in [-0.2, -0.15) is 13.2 Å². The van der Waals surface area contributed by atoms with Crippen LogP contribution in [0.5, 0.6) is 0 Å². The van der Waals surface area contributed by atoms with E-state index in [9.17, 15) is 18.0 Å². The van der Waals surface area contributed by atoms with E-state index in [1.54, 1.807) is 19.9 Å². The first kappa shape index (κ1) is 17.7. The molecular formula is C17H15F3N4O2. The first-order valence-electron chi connectivity index (χ1n) is 7.64. The maximum atomic E-state index is 12.9. The third-order valence-electron chi connectivity index (χ3n) is 3.95. The number of fused-ring (bicyclic) bond motifs is 1. The number of imidazole rings is 1. The van der Waals surface area contributed by atoms with Crippen LogP contribution in [0.25, 0.3) is 11.0 Å². The summed E-state index contributed by atoms with van der Waals surface area (Å²) in [6, 6.07) is 3.76. The molecule has 136 valence electrons. The number of hydrogen-bond donors (Lipinski definition) is 2. The highest BCUT2D eigenvalue weighted by molar-refractivity contribution is 5.89. The number of hydrogen-bond acceptors (Lipinski definition) is 4. The van der Waals surface area contributed by atoms with Gasteiger partial charge in [0.05, 0.1) is 17.4 Å². The molecule has 0 radical (unpaired) electrons. The van der Waals surface area contributed by atoms with Crippen molar-refractivity contribution in [2.24, 2.45) is 0 Å². The lowest BCUT2D eigenvalue weighted by Crippen LogP contribution is -2.08. The van der Waals surface area contributed by atoms with Crippen molar-refractivity contribution in [2.75, 3.05) is 5.32 Å². The minimum absolute atomic E-state index is 0.252. The number of carboxylic acid groups (broad SMARTS) is 1. The first-order valence-corrected chi connectivity index (χ1v) is 7.64. The zero-order chi connectivity index (χ0) is 19.1. The molecule has 0 aliphatic heterocycles. The molecule has 2 aromatic heterocycles. The standard InChI is InChI=1S/C17H15F3N4O2/c1-9-5-11(17(18,19)20)6-10(2)14(9)23-16-15-12(3-4-21-16)24(8-22-15)7-13(25)26/h3-6,8H,7H2,1-2H3,(H,21,23)(H,25,26). The van der Waals surface area contributed by atoms with Crippen molar-refractivity contribution < 1.29 is 23.1 Å². The topological polar surface area (TPSA) is 80.0 Å². The maximum absolute atomic E-state index is 12.9. The smallest absolute Gasteiger partial charge is 0.416 e. The molecule has 0 saturated carbocycles. The predicted octanol–water partition coefficient (Wildman–Crippen LogP) is 3.90. The quantitative estimate of drug-likeness (QED) is 0.734. The van der Waals surface area contributed by atoms with Gasteiger partial charge in [0.2, 0.25) is 0 Å². The Kier molecular flexibility index (Phi) is 4.31. The van der Waals surface area contributed by atoms with E-state index in [-0.39, 0.29) is 6.54 Å². The van der Waals surface area contributed by atoms with Gasteiger partial charge in [-0.3, -0.25) is 4.79 Å². The van der Waals surface area contributed by atoms with E-state index in [1.807, 2.05) is 0 Å². The summed E-state index contributed by atoms with van der Waals surface area (Å²) in [4.78, 5) is 19.3. The van der Waals surface area contributed by atoms with Gasteiger partial charge in [-0.05, 0) is 43.2 Å². The number of aryl methyl sites for hydroxylation is 2. The summed E-state index contributed by atoms with van der Waals surface area (Å²) >= 11 is 0. The molecule has 9 heteroatoms. The van der Waals surface area contributed by atoms with E-state index in [0.717, 1.165) is 12.1 Å². The minimum atomic E-state index is -4.41. The van der Waals surface area contributed by atoms with Crippen molar-refractivity contribution in [3.05, 3.63) is 47.4 Å². The van der Waals surface area contributed by atoms with Crippen LogP contribution in [-0.2, 0) is 17.5 Å². The van der Waals surface area contributed by atoms with E-state index < -0.39 is 17.7 Å². The molecule has 0 saturated heterocycles. The largest absolute Gasteiger partial charge is 0.480 e. The van der Waals surface area contributed by atoms with Gasteiger partial charge in [0.25, 0.3) is 0 Å². The van der Waals surface area contributed by atoms with Crippen LogP contribution in [0.4, 0.5) is 24.7 Å². The van der Waals surface area contributed by atoms with E-state index in [0.29, 0.717) is 33.7 Å². The van der Waals surface area contributed by atoms with Crippen molar-refractivity contribution in [2.45, 2.75) is 26.6 Å². The third-order valence-corrected chi connectivity index (χ3v) is 3.95. The normalized spacial score (nSPS) is 11.7. The van der Waals surface area contributed by atoms with Gasteiger partial charge in [0.15, 0.2) is 5.82 Å². The number of benzene rings is 1. The van der Waals surface area contributed by atoms with Crippen LogP contribution in [0.3, 0.4) is 0 Å².